The average Bonchev–Trinajstić information content (AvgIpc) is 2.77. The molecule has 0 saturated carbocycles. The van der Waals surface area contributed by atoms with Crippen LogP contribution in [-0.4, -0.2) is 75.4 Å². The van der Waals surface area contributed by atoms with Crippen molar-refractivity contribution in [2.45, 2.75) is 31.0 Å². The van der Waals surface area contributed by atoms with Crippen LogP contribution >= 0.6 is 0 Å². The largest absolute Gasteiger partial charge is 0.484 e. The summed E-state index contributed by atoms with van der Waals surface area (Å²) in [6.45, 7) is 4.19. The number of amides is 2. The lowest BCUT2D eigenvalue weighted by Gasteiger charge is -2.34. The quantitative estimate of drug-likeness (QED) is 0.658. The number of ether oxygens (including phenoxy) is 2. The third-order valence-electron chi connectivity index (χ3n) is 5.11. The fourth-order valence-electron chi connectivity index (χ4n) is 3.37. The Labute approximate surface area is 194 Å². The van der Waals surface area contributed by atoms with Gasteiger partial charge in [0.2, 0.25) is 10.0 Å². The topological polar surface area (TPSA) is 105 Å². The Balaban J connectivity index is 1.62. The summed E-state index contributed by atoms with van der Waals surface area (Å²) in [5.74, 6) is -0.0241. The predicted molar refractivity (Wildman–Crippen MR) is 124 cm³/mol. The number of nitrogens with one attached hydrogen (secondary N) is 1. The molecule has 1 fully saturated rings. The summed E-state index contributed by atoms with van der Waals surface area (Å²) in [4.78, 5) is 25.7. The molecule has 0 radical (unpaired) electrons. The third-order valence-corrected chi connectivity index (χ3v) is 6.96. The summed E-state index contributed by atoms with van der Waals surface area (Å²) in [6, 6.07) is 12.5. The minimum Gasteiger partial charge on any atom is -0.484 e. The second-order valence-electron chi connectivity index (χ2n) is 8.16. The molecule has 1 N–H and O–H groups in total. The molecule has 2 aromatic carbocycles. The number of rotatable bonds is 7. The predicted octanol–water partition coefficient (Wildman–Crippen LogP) is 2.20. The highest BCUT2D eigenvalue weighted by molar-refractivity contribution is 7.89. The SMILES string of the molecule is C[C@@H]1CN(S(=O)(=O)c2ccc(C(=O)Nc3ccc(OCC(=O)N(C)C)cc3)cc2)C[C@H](C)O1. The van der Waals surface area contributed by atoms with E-state index >= 15 is 0 Å². The van der Waals surface area contributed by atoms with Gasteiger partial charge >= 0.3 is 0 Å². The van der Waals surface area contributed by atoms with Gasteiger partial charge in [0.25, 0.3) is 11.8 Å². The molecule has 33 heavy (non-hydrogen) atoms. The Kier molecular flexibility index (Phi) is 7.72. The molecule has 3 rings (SSSR count). The zero-order valence-electron chi connectivity index (χ0n) is 19.1. The molecule has 1 saturated heterocycles. The number of anilines is 1. The standard InChI is InChI=1S/C23H29N3O6S/c1-16-13-26(14-17(2)32-16)33(29,30)21-11-5-18(6-12-21)23(28)24-19-7-9-20(10-8-19)31-15-22(27)25(3)4/h5-12,16-17H,13-15H2,1-4H3,(H,24,28)/t16-,17+. The molecule has 0 aromatic heterocycles. The monoisotopic (exact) mass is 475 g/mol. The lowest BCUT2D eigenvalue weighted by Crippen LogP contribution is -2.48. The van der Waals surface area contributed by atoms with E-state index in [2.05, 4.69) is 5.32 Å². The number of nitrogens with zero attached hydrogens (tertiary/aromatic N) is 2. The summed E-state index contributed by atoms with van der Waals surface area (Å²) < 4.78 is 38.3. The van der Waals surface area contributed by atoms with Gasteiger partial charge in [-0.1, -0.05) is 0 Å². The number of benzene rings is 2. The molecule has 1 aliphatic rings. The molecule has 178 valence electrons. The van der Waals surface area contributed by atoms with E-state index in [0.717, 1.165) is 0 Å². The zero-order chi connectivity index (χ0) is 24.2. The minimum absolute atomic E-state index is 0.0732. The number of carbonyl (C=O) groups is 2. The molecule has 2 amide bonds. The first-order valence-electron chi connectivity index (χ1n) is 10.6. The Bertz CT molecular complexity index is 1070. The number of likely N-dealkylation sites (N-methyl/N-ethyl adjacent to an activating group) is 1. The van der Waals surface area contributed by atoms with Crippen LogP contribution < -0.4 is 10.1 Å². The van der Waals surface area contributed by atoms with Crippen LogP contribution in [0.3, 0.4) is 0 Å². The van der Waals surface area contributed by atoms with Crippen LogP contribution in [0.25, 0.3) is 0 Å². The molecule has 9 nitrogen and oxygen atoms in total. The van der Waals surface area contributed by atoms with Gasteiger partial charge in [-0.2, -0.15) is 4.31 Å². The second-order valence-corrected chi connectivity index (χ2v) is 10.1. The third kappa shape index (κ3) is 6.31. The fraction of sp³-hybridized carbons (Fsp3) is 0.391. The molecule has 1 aliphatic heterocycles. The first-order chi connectivity index (χ1) is 15.6. The fourth-order valence-corrected chi connectivity index (χ4v) is 4.96. The van der Waals surface area contributed by atoms with E-state index in [-0.39, 0.29) is 48.6 Å². The second kappa shape index (κ2) is 10.3. The van der Waals surface area contributed by atoms with Gasteiger partial charge in [0.15, 0.2) is 6.61 Å². The number of sulfonamides is 1. The van der Waals surface area contributed by atoms with Gasteiger partial charge in [-0.15, -0.1) is 0 Å². The smallest absolute Gasteiger partial charge is 0.259 e. The van der Waals surface area contributed by atoms with Crippen molar-refractivity contribution >= 4 is 27.5 Å². The van der Waals surface area contributed by atoms with Crippen molar-refractivity contribution in [3.05, 3.63) is 54.1 Å². The first kappa shape index (κ1) is 24.7. The maximum atomic E-state index is 12.9. The summed E-state index contributed by atoms with van der Waals surface area (Å²) in [5.41, 5.74) is 0.869. The molecule has 0 bridgehead atoms. The van der Waals surface area contributed by atoms with E-state index in [4.69, 9.17) is 9.47 Å². The van der Waals surface area contributed by atoms with Crippen molar-refractivity contribution in [2.24, 2.45) is 0 Å². The number of hydrogen-bond acceptors (Lipinski definition) is 6. The van der Waals surface area contributed by atoms with Crippen molar-refractivity contribution in [1.82, 2.24) is 9.21 Å². The van der Waals surface area contributed by atoms with E-state index in [9.17, 15) is 18.0 Å². The van der Waals surface area contributed by atoms with E-state index in [1.807, 2.05) is 13.8 Å². The molecule has 2 aromatic rings. The first-order valence-corrected chi connectivity index (χ1v) is 12.0. The lowest BCUT2D eigenvalue weighted by molar-refractivity contribution is -0.130. The normalized spacial score (nSPS) is 19.0. The van der Waals surface area contributed by atoms with Crippen LogP contribution in [0.1, 0.15) is 24.2 Å². The van der Waals surface area contributed by atoms with E-state index in [1.54, 1.807) is 38.4 Å². The van der Waals surface area contributed by atoms with Gasteiger partial charge in [0, 0.05) is 38.4 Å². The molecule has 1 heterocycles. The molecule has 0 aliphatic carbocycles. The molecular weight excluding hydrogens is 446 g/mol. The maximum absolute atomic E-state index is 12.9. The van der Waals surface area contributed by atoms with Crippen molar-refractivity contribution in [3.63, 3.8) is 0 Å². The zero-order valence-corrected chi connectivity index (χ0v) is 20.0. The van der Waals surface area contributed by atoms with Crippen LogP contribution in [-0.2, 0) is 19.6 Å². The van der Waals surface area contributed by atoms with Crippen molar-refractivity contribution in [2.75, 3.05) is 39.1 Å². The molecular formula is C23H29N3O6S. The minimum atomic E-state index is -3.67. The molecule has 0 unspecified atom stereocenters. The molecule has 2 atom stereocenters. The summed E-state index contributed by atoms with van der Waals surface area (Å²) >= 11 is 0. The van der Waals surface area contributed by atoms with Crippen LogP contribution in [0.2, 0.25) is 0 Å². The van der Waals surface area contributed by atoms with Gasteiger partial charge in [0.05, 0.1) is 17.1 Å². The average molecular weight is 476 g/mol. The molecule has 10 heteroatoms. The maximum Gasteiger partial charge on any atom is 0.259 e. The van der Waals surface area contributed by atoms with Crippen LogP contribution in [0.4, 0.5) is 5.69 Å². The van der Waals surface area contributed by atoms with Crippen LogP contribution in [0, 0.1) is 0 Å². The highest BCUT2D eigenvalue weighted by Crippen LogP contribution is 2.22. The lowest BCUT2D eigenvalue weighted by atomic mass is 10.2. The van der Waals surface area contributed by atoms with Crippen molar-refractivity contribution in [3.8, 4) is 5.75 Å². The van der Waals surface area contributed by atoms with Gasteiger partial charge in [-0.25, -0.2) is 8.42 Å². The van der Waals surface area contributed by atoms with Gasteiger partial charge in [-0.05, 0) is 62.4 Å². The van der Waals surface area contributed by atoms with E-state index < -0.39 is 10.0 Å². The molecule has 0 spiro atoms. The van der Waals surface area contributed by atoms with Crippen molar-refractivity contribution in [1.29, 1.82) is 0 Å². The van der Waals surface area contributed by atoms with Gasteiger partial charge < -0.3 is 19.7 Å². The Morgan fingerprint density at radius 1 is 1.03 bits per heavy atom. The highest BCUT2D eigenvalue weighted by atomic mass is 32.2. The Morgan fingerprint density at radius 2 is 1.61 bits per heavy atom. The summed E-state index contributed by atoms with van der Waals surface area (Å²) in [5, 5.41) is 2.76. The summed E-state index contributed by atoms with van der Waals surface area (Å²) in [6.07, 6.45) is -0.363. The van der Waals surface area contributed by atoms with Crippen LogP contribution in [0.15, 0.2) is 53.4 Å². The summed E-state index contributed by atoms with van der Waals surface area (Å²) in [7, 11) is -0.373. The Hall–Kier alpha value is -2.95. The van der Waals surface area contributed by atoms with E-state index in [1.165, 1.54) is 33.5 Å². The Morgan fingerprint density at radius 3 is 2.15 bits per heavy atom. The van der Waals surface area contributed by atoms with E-state index in [0.29, 0.717) is 17.0 Å². The number of hydrogen-bond donors (Lipinski definition) is 1. The van der Waals surface area contributed by atoms with Crippen LogP contribution in [0.5, 0.6) is 5.75 Å². The number of morpholine rings is 1. The van der Waals surface area contributed by atoms with Crippen molar-refractivity contribution < 1.29 is 27.5 Å². The highest BCUT2D eigenvalue weighted by Gasteiger charge is 2.32. The number of carbonyl (C=O) groups excluding carboxylic acids is 2. The van der Waals surface area contributed by atoms with Gasteiger partial charge in [-0.3, -0.25) is 9.59 Å². The van der Waals surface area contributed by atoms with Gasteiger partial charge in [0.1, 0.15) is 5.75 Å².